The summed E-state index contributed by atoms with van der Waals surface area (Å²) in [6.07, 6.45) is 0. The Morgan fingerprint density at radius 2 is 1.88 bits per heavy atom. The molecule has 0 bridgehead atoms. The van der Waals surface area contributed by atoms with E-state index in [0.29, 0.717) is 31.6 Å². The number of thiophene rings is 2. The van der Waals surface area contributed by atoms with Crippen molar-refractivity contribution in [2.24, 2.45) is 0 Å². The molecule has 1 N–H and O–H groups in total. The van der Waals surface area contributed by atoms with Gasteiger partial charge in [-0.05, 0) is 51.0 Å². The molecule has 10 heteroatoms. The Hall–Kier alpha value is -3.01. The largest absolute Gasteiger partial charge is 0.462 e. The number of ether oxygens (including phenoxy) is 1. The fraction of sp³-hybridized carbons (Fsp3) is 0.250. The second kappa shape index (κ2) is 9.69. The molecule has 0 spiro atoms. The molecule has 176 valence electrons. The highest BCUT2D eigenvalue weighted by atomic mass is 35.5. The van der Waals surface area contributed by atoms with Crippen LogP contribution in [0.25, 0.3) is 21.3 Å². The summed E-state index contributed by atoms with van der Waals surface area (Å²) >= 11 is 8.68. The third-order valence-corrected chi connectivity index (χ3v) is 7.71. The van der Waals surface area contributed by atoms with Crippen molar-refractivity contribution in [1.29, 1.82) is 0 Å². The number of halogens is 1. The molecule has 4 rings (SSSR count). The standard InChI is InChI=1S/C24H22ClN3O4S2/c1-5-32-24(31)20-17(15-6-8-16(25)9-7-15)11-33-21(20)27-18(29)10-28-14(4)26-22-19(23(28)30)12(2)13(3)34-22/h6-9,11H,5,10H2,1-4H3,(H,27,29). The van der Waals surface area contributed by atoms with Crippen LogP contribution < -0.4 is 10.9 Å². The lowest BCUT2D eigenvalue weighted by Crippen LogP contribution is -2.30. The van der Waals surface area contributed by atoms with Crippen molar-refractivity contribution in [3.8, 4) is 11.1 Å². The normalized spacial score (nSPS) is 11.1. The van der Waals surface area contributed by atoms with E-state index in [-0.39, 0.29) is 24.3 Å². The number of fused-ring (bicyclic) bond motifs is 1. The van der Waals surface area contributed by atoms with E-state index in [0.717, 1.165) is 16.0 Å². The van der Waals surface area contributed by atoms with Crippen LogP contribution in [0.3, 0.4) is 0 Å². The lowest BCUT2D eigenvalue weighted by molar-refractivity contribution is -0.116. The smallest absolute Gasteiger partial charge is 0.341 e. The fourth-order valence-corrected chi connectivity index (χ4v) is 5.79. The maximum atomic E-state index is 13.1. The molecular formula is C24H22ClN3O4S2. The molecule has 7 nitrogen and oxygen atoms in total. The van der Waals surface area contributed by atoms with Crippen molar-refractivity contribution >= 4 is 61.4 Å². The highest BCUT2D eigenvalue weighted by Crippen LogP contribution is 2.36. The average molecular weight is 516 g/mol. The molecular weight excluding hydrogens is 494 g/mol. The van der Waals surface area contributed by atoms with Gasteiger partial charge in [-0.1, -0.05) is 23.7 Å². The Morgan fingerprint density at radius 1 is 1.18 bits per heavy atom. The molecule has 0 aliphatic rings. The summed E-state index contributed by atoms with van der Waals surface area (Å²) < 4.78 is 6.60. The zero-order valence-corrected chi connectivity index (χ0v) is 21.4. The van der Waals surface area contributed by atoms with Crippen molar-refractivity contribution in [1.82, 2.24) is 9.55 Å². The van der Waals surface area contributed by atoms with Crippen LogP contribution in [-0.2, 0) is 16.1 Å². The molecule has 0 saturated carbocycles. The van der Waals surface area contributed by atoms with E-state index < -0.39 is 11.9 Å². The van der Waals surface area contributed by atoms with Crippen LogP contribution in [0.5, 0.6) is 0 Å². The van der Waals surface area contributed by atoms with Crippen LogP contribution in [0.2, 0.25) is 5.02 Å². The number of benzene rings is 1. The molecule has 4 aromatic rings. The van der Waals surface area contributed by atoms with Crippen molar-refractivity contribution in [2.45, 2.75) is 34.2 Å². The molecule has 0 unspecified atom stereocenters. The Labute approximate surface area is 209 Å². The third kappa shape index (κ3) is 4.51. The number of carbonyl (C=O) groups is 2. The summed E-state index contributed by atoms with van der Waals surface area (Å²) in [6.45, 7) is 7.22. The minimum atomic E-state index is -0.537. The van der Waals surface area contributed by atoms with Gasteiger partial charge in [-0.2, -0.15) is 0 Å². The second-order valence-corrected chi connectivity index (χ2v) is 10.2. The molecule has 0 aliphatic heterocycles. The van der Waals surface area contributed by atoms with Crippen LogP contribution in [0.4, 0.5) is 5.00 Å². The minimum absolute atomic E-state index is 0.196. The number of aryl methyl sites for hydroxylation is 3. The lowest BCUT2D eigenvalue weighted by atomic mass is 10.0. The van der Waals surface area contributed by atoms with E-state index in [1.54, 1.807) is 43.5 Å². The van der Waals surface area contributed by atoms with Crippen molar-refractivity contribution < 1.29 is 14.3 Å². The van der Waals surface area contributed by atoms with E-state index in [4.69, 9.17) is 16.3 Å². The van der Waals surface area contributed by atoms with Crippen LogP contribution in [-0.4, -0.2) is 28.0 Å². The number of rotatable bonds is 6. The molecule has 0 aliphatic carbocycles. The van der Waals surface area contributed by atoms with E-state index >= 15 is 0 Å². The molecule has 3 aromatic heterocycles. The van der Waals surface area contributed by atoms with E-state index in [2.05, 4.69) is 10.3 Å². The van der Waals surface area contributed by atoms with Gasteiger partial charge in [0.1, 0.15) is 27.8 Å². The van der Waals surface area contributed by atoms with Gasteiger partial charge in [-0.25, -0.2) is 9.78 Å². The minimum Gasteiger partial charge on any atom is -0.462 e. The highest BCUT2D eigenvalue weighted by Gasteiger charge is 2.24. The zero-order valence-electron chi connectivity index (χ0n) is 19.0. The number of carbonyl (C=O) groups excluding carboxylic acids is 2. The van der Waals surface area contributed by atoms with Crippen LogP contribution in [0.15, 0.2) is 34.4 Å². The molecule has 0 saturated heterocycles. The molecule has 0 fully saturated rings. The summed E-state index contributed by atoms with van der Waals surface area (Å²) in [5.74, 6) is -0.525. The van der Waals surface area contributed by atoms with Gasteiger partial charge in [-0.3, -0.25) is 14.2 Å². The summed E-state index contributed by atoms with van der Waals surface area (Å²) in [4.78, 5) is 45.1. The van der Waals surface area contributed by atoms with Gasteiger partial charge < -0.3 is 10.1 Å². The van der Waals surface area contributed by atoms with Gasteiger partial charge >= 0.3 is 5.97 Å². The zero-order chi connectivity index (χ0) is 24.6. The van der Waals surface area contributed by atoms with Crippen molar-refractivity contribution in [3.63, 3.8) is 0 Å². The molecule has 0 atom stereocenters. The topological polar surface area (TPSA) is 90.3 Å². The van der Waals surface area contributed by atoms with Crippen LogP contribution >= 0.6 is 34.3 Å². The Bertz CT molecular complexity index is 1470. The van der Waals surface area contributed by atoms with Crippen molar-refractivity contribution in [3.05, 3.63) is 66.9 Å². The number of esters is 1. The predicted molar refractivity (Wildman–Crippen MR) is 137 cm³/mol. The maximum Gasteiger partial charge on any atom is 0.341 e. The van der Waals surface area contributed by atoms with E-state index in [1.807, 2.05) is 13.8 Å². The molecule has 1 aromatic carbocycles. The van der Waals surface area contributed by atoms with Gasteiger partial charge in [0, 0.05) is 20.8 Å². The average Bonchev–Trinajstić information content (AvgIpc) is 3.32. The summed E-state index contributed by atoms with van der Waals surface area (Å²) in [7, 11) is 0. The first-order valence-corrected chi connectivity index (χ1v) is 12.6. The Kier molecular flexibility index (Phi) is 6.88. The Morgan fingerprint density at radius 3 is 2.56 bits per heavy atom. The van der Waals surface area contributed by atoms with Crippen molar-refractivity contribution in [2.75, 3.05) is 11.9 Å². The lowest BCUT2D eigenvalue weighted by Gasteiger charge is -2.11. The summed E-state index contributed by atoms with van der Waals surface area (Å²) in [5.41, 5.74) is 2.30. The number of amides is 1. The first-order valence-electron chi connectivity index (χ1n) is 10.5. The third-order valence-electron chi connectivity index (χ3n) is 5.46. The van der Waals surface area contributed by atoms with Gasteiger partial charge in [0.2, 0.25) is 5.91 Å². The number of hydrogen-bond acceptors (Lipinski definition) is 7. The first-order chi connectivity index (χ1) is 16.2. The monoisotopic (exact) mass is 515 g/mol. The molecule has 1 amide bonds. The summed E-state index contributed by atoms with van der Waals surface area (Å²) in [6, 6.07) is 7.06. The fourth-order valence-electron chi connectivity index (χ4n) is 3.62. The van der Waals surface area contributed by atoms with Crippen LogP contribution in [0, 0.1) is 20.8 Å². The second-order valence-electron chi connectivity index (χ2n) is 7.64. The number of hydrogen-bond donors (Lipinski definition) is 1. The van der Waals surface area contributed by atoms with Crippen LogP contribution in [0.1, 0.15) is 33.5 Å². The predicted octanol–water partition coefficient (Wildman–Crippen LogP) is 5.58. The first kappa shape index (κ1) is 24.1. The number of nitrogens with zero attached hydrogens (tertiary/aromatic N) is 2. The Balaban J connectivity index is 1.67. The highest BCUT2D eigenvalue weighted by molar-refractivity contribution is 7.18. The van der Waals surface area contributed by atoms with Gasteiger partial charge in [0.05, 0.1) is 12.0 Å². The SMILES string of the molecule is CCOC(=O)c1c(-c2ccc(Cl)cc2)csc1NC(=O)Cn1c(C)nc2sc(C)c(C)c2c1=O. The molecule has 34 heavy (non-hydrogen) atoms. The van der Waals surface area contributed by atoms with Gasteiger partial charge in [0.25, 0.3) is 5.56 Å². The van der Waals surface area contributed by atoms with E-state index in [9.17, 15) is 14.4 Å². The summed E-state index contributed by atoms with van der Waals surface area (Å²) in [5, 5.41) is 6.05. The number of aromatic nitrogens is 2. The number of nitrogens with one attached hydrogen (secondary N) is 1. The molecule has 3 heterocycles. The van der Waals surface area contributed by atoms with Gasteiger partial charge in [-0.15, -0.1) is 22.7 Å². The van der Waals surface area contributed by atoms with Gasteiger partial charge in [0.15, 0.2) is 0 Å². The maximum absolute atomic E-state index is 13.1. The number of anilines is 1. The quantitative estimate of drug-likeness (QED) is 0.338. The van der Waals surface area contributed by atoms with E-state index in [1.165, 1.54) is 27.2 Å². The molecule has 0 radical (unpaired) electrons.